The number of nitrogens with one attached hydrogen (secondary N) is 2. The number of hydrogen-bond acceptors (Lipinski definition) is 4. The molecule has 0 unspecified atom stereocenters. The van der Waals surface area contributed by atoms with Crippen LogP contribution in [-0.4, -0.2) is 22.4 Å². The first kappa shape index (κ1) is 15.9. The quantitative estimate of drug-likeness (QED) is 0.803. The number of amides is 1. The largest absolute Gasteiger partial charge is 0.370 e. The molecule has 116 valence electrons. The Bertz CT molecular complexity index is 643. The molecule has 1 aromatic carbocycles. The first-order chi connectivity index (χ1) is 10.6. The zero-order chi connectivity index (χ0) is 15.9. The predicted octanol–water partition coefficient (Wildman–Crippen LogP) is 3.39. The molecule has 5 nitrogen and oxygen atoms in total. The van der Waals surface area contributed by atoms with Gasteiger partial charge in [-0.1, -0.05) is 13.3 Å². The van der Waals surface area contributed by atoms with Crippen LogP contribution in [0.15, 0.2) is 30.3 Å². The van der Waals surface area contributed by atoms with Crippen LogP contribution in [0.1, 0.15) is 36.1 Å². The highest BCUT2D eigenvalue weighted by atomic mass is 19.1. The van der Waals surface area contributed by atoms with Crippen molar-refractivity contribution in [3.05, 3.63) is 47.7 Å². The molecule has 0 aliphatic rings. The van der Waals surface area contributed by atoms with Crippen molar-refractivity contribution < 1.29 is 9.18 Å². The minimum absolute atomic E-state index is 0.274. The number of carbonyl (C=O) groups is 1. The summed E-state index contributed by atoms with van der Waals surface area (Å²) in [6.45, 7) is 4.64. The number of anilines is 2. The molecule has 1 amide bonds. The number of benzene rings is 1. The Morgan fingerprint density at radius 1 is 1.23 bits per heavy atom. The Morgan fingerprint density at radius 2 is 1.95 bits per heavy atom. The normalized spacial score (nSPS) is 10.3. The van der Waals surface area contributed by atoms with Crippen LogP contribution in [0.4, 0.5) is 15.9 Å². The SMILES string of the molecule is CCCCNc1cc(C(=O)Nc2ccc(F)cc2)nc(C)n1. The van der Waals surface area contributed by atoms with Crippen molar-refractivity contribution in [1.29, 1.82) is 0 Å². The van der Waals surface area contributed by atoms with Crippen LogP contribution in [0.3, 0.4) is 0 Å². The monoisotopic (exact) mass is 302 g/mol. The molecule has 2 rings (SSSR count). The highest BCUT2D eigenvalue weighted by Crippen LogP contribution is 2.12. The molecule has 1 aromatic heterocycles. The zero-order valence-corrected chi connectivity index (χ0v) is 12.7. The van der Waals surface area contributed by atoms with E-state index in [9.17, 15) is 9.18 Å². The van der Waals surface area contributed by atoms with Gasteiger partial charge in [0.1, 0.15) is 23.2 Å². The number of carbonyl (C=O) groups excluding carboxylic acids is 1. The lowest BCUT2D eigenvalue weighted by Gasteiger charge is -2.09. The number of aromatic nitrogens is 2. The molecule has 6 heteroatoms. The van der Waals surface area contributed by atoms with Gasteiger partial charge in [-0.05, 0) is 37.6 Å². The minimum Gasteiger partial charge on any atom is -0.370 e. The van der Waals surface area contributed by atoms with E-state index in [2.05, 4.69) is 27.5 Å². The Kier molecular flexibility index (Phi) is 5.41. The van der Waals surface area contributed by atoms with Crippen LogP contribution in [0.5, 0.6) is 0 Å². The van der Waals surface area contributed by atoms with Crippen LogP contribution in [0.25, 0.3) is 0 Å². The lowest BCUT2D eigenvalue weighted by molar-refractivity contribution is 0.102. The number of halogens is 1. The molecule has 0 aliphatic heterocycles. The summed E-state index contributed by atoms with van der Waals surface area (Å²) in [5, 5.41) is 5.86. The van der Waals surface area contributed by atoms with Gasteiger partial charge in [0.15, 0.2) is 0 Å². The Labute approximate surface area is 129 Å². The van der Waals surface area contributed by atoms with E-state index in [0.29, 0.717) is 17.3 Å². The number of aryl methyl sites for hydroxylation is 1. The smallest absolute Gasteiger partial charge is 0.274 e. The molecule has 1 heterocycles. The van der Waals surface area contributed by atoms with Gasteiger partial charge in [0.2, 0.25) is 0 Å². The highest BCUT2D eigenvalue weighted by Gasteiger charge is 2.11. The molecule has 2 N–H and O–H groups in total. The average Bonchev–Trinajstić information content (AvgIpc) is 2.49. The topological polar surface area (TPSA) is 66.9 Å². The summed E-state index contributed by atoms with van der Waals surface area (Å²) in [6, 6.07) is 7.20. The summed E-state index contributed by atoms with van der Waals surface area (Å²) in [5.41, 5.74) is 0.791. The van der Waals surface area contributed by atoms with E-state index in [0.717, 1.165) is 19.4 Å². The maximum atomic E-state index is 12.9. The second-order valence-corrected chi connectivity index (χ2v) is 4.93. The van der Waals surface area contributed by atoms with Gasteiger partial charge in [-0.3, -0.25) is 4.79 Å². The van der Waals surface area contributed by atoms with E-state index in [1.165, 1.54) is 24.3 Å². The standard InChI is InChI=1S/C16H19FN4O/c1-3-4-9-18-15-10-14(19-11(2)20-15)16(22)21-13-7-5-12(17)6-8-13/h5-8,10H,3-4,9H2,1-2H3,(H,21,22)(H,18,19,20). The van der Waals surface area contributed by atoms with E-state index in [1.807, 2.05) is 0 Å². The average molecular weight is 302 g/mol. The molecule has 0 fully saturated rings. The first-order valence-corrected chi connectivity index (χ1v) is 7.25. The van der Waals surface area contributed by atoms with Gasteiger partial charge >= 0.3 is 0 Å². The van der Waals surface area contributed by atoms with Gasteiger partial charge in [-0.2, -0.15) is 0 Å². The fourth-order valence-corrected chi connectivity index (χ4v) is 1.90. The third-order valence-electron chi connectivity index (χ3n) is 3.01. The molecule has 0 spiro atoms. The van der Waals surface area contributed by atoms with E-state index in [1.54, 1.807) is 13.0 Å². The van der Waals surface area contributed by atoms with E-state index < -0.39 is 0 Å². The molecule has 0 radical (unpaired) electrons. The fourth-order valence-electron chi connectivity index (χ4n) is 1.90. The van der Waals surface area contributed by atoms with Crippen molar-refractivity contribution in [1.82, 2.24) is 9.97 Å². The lowest BCUT2D eigenvalue weighted by Crippen LogP contribution is -2.16. The van der Waals surface area contributed by atoms with Crippen molar-refractivity contribution in [2.24, 2.45) is 0 Å². The Hall–Kier alpha value is -2.50. The lowest BCUT2D eigenvalue weighted by atomic mass is 10.3. The summed E-state index contributed by atoms with van der Waals surface area (Å²) in [7, 11) is 0. The van der Waals surface area contributed by atoms with Crippen molar-refractivity contribution in [2.75, 3.05) is 17.2 Å². The van der Waals surface area contributed by atoms with Gasteiger partial charge in [0.25, 0.3) is 5.91 Å². The number of hydrogen-bond donors (Lipinski definition) is 2. The van der Waals surface area contributed by atoms with E-state index in [4.69, 9.17) is 0 Å². The summed E-state index contributed by atoms with van der Waals surface area (Å²) in [4.78, 5) is 20.6. The molecular formula is C16H19FN4O. The van der Waals surface area contributed by atoms with Crippen LogP contribution in [-0.2, 0) is 0 Å². The van der Waals surface area contributed by atoms with Crippen molar-refractivity contribution in [3.63, 3.8) is 0 Å². The third-order valence-corrected chi connectivity index (χ3v) is 3.01. The van der Waals surface area contributed by atoms with Gasteiger partial charge in [-0.15, -0.1) is 0 Å². The maximum Gasteiger partial charge on any atom is 0.274 e. The van der Waals surface area contributed by atoms with Crippen LogP contribution < -0.4 is 10.6 Å². The second-order valence-electron chi connectivity index (χ2n) is 4.93. The highest BCUT2D eigenvalue weighted by molar-refractivity contribution is 6.03. The predicted molar refractivity (Wildman–Crippen MR) is 84.5 cm³/mol. The summed E-state index contributed by atoms with van der Waals surface area (Å²) in [6.07, 6.45) is 2.11. The van der Waals surface area contributed by atoms with Gasteiger partial charge < -0.3 is 10.6 Å². The van der Waals surface area contributed by atoms with Gasteiger partial charge in [-0.25, -0.2) is 14.4 Å². The van der Waals surface area contributed by atoms with Crippen LogP contribution in [0, 0.1) is 12.7 Å². The van der Waals surface area contributed by atoms with E-state index >= 15 is 0 Å². The van der Waals surface area contributed by atoms with Crippen molar-refractivity contribution in [2.45, 2.75) is 26.7 Å². The van der Waals surface area contributed by atoms with Crippen LogP contribution >= 0.6 is 0 Å². The molecule has 0 saturated heterocycles. The van der Waals surface area contributed by atoms with Gasteiger partial charge in [0, 0.05) is 18.3 Å². The number of unbranched alkanes of at least 4 members (excludes halogenated alkanes) is 1. The van der Waals surface area contributed by atoms with Crippen LogP contribution in [0.2, 0.25) is 0 Å². The Morgan fingerprint density at radius 3 is 2.64 bits per heavy atom. The minimum atomic E-state index is -0.351. The molecule has 0 aliphatic carbocycles. The van der Waals surface area contributed by atoms with E-state index in [-0.39, 0.29) is 17.4 Å². The number of rotatable bonds is 6. The second kappa shape index (κ2) is 7.49. The summed E-state index contributed by atoms with van der Waals surface area (Å²) >= 11 is 0. The Balaban J connectivity index is 2.09. The van der Waals surface area contributed by atoms with Gasteiger partial charge in [0.05, 0.1) is 0 Å². The summed E-state index contributed by atoms with van der Waals surface area (Å²) in [5.74, 6) is 0.449. The maximum absolute atomic E-state index is 12.9. The molecule has 0 saturated carbocycles. The first-order valence-electron chi connectivity index (χ1n) is 7.25. The fraction of sp³-hybridized carbons (Fsp3) is 0.312. The van der Waals surface area contributed by atoms with Crippen molar-refractivity contribution in [3.8, 4) is 0 Å². The molecule has 22 heavy (non-hydrogen) atoms. The molecule has 0 bridgehead atoms. The summed E-state index contributed by atoms with van der Waals surface area (Å²) < 4.78 is 12.9. The third kappa shape index (κ3) is 4.51. The molecule has 2 aromatic rings. The zero-order valence-electron chi connectivity index (χ0n) is 12.7. The molecule has 0 atom stereocenters. The number of nitrogens with zero attached hydrogens (tertiary/aromatic N) is 2. The molecular weight excluding hydrogens is 283 g/mol. The van der Waals surface area contributed by atoms with Crippen molar-refractivity contribution >= 4 is 17.4 Å².